The second-order valence-corrected chi connectivity index (χ2v) is 4.81. The molecule has 94 valence electrons. The molecule has 3 unspecified atom stereocenters. The zero-order valence-electron chi connectivity index (χ0n) is 9.64. The number of hydrogen-bond acceptors (Lipinski definition) is 5. The maximum atomic E-state index is 10.1. The Kier molecular flexibility index (Phi) is 2.46. The van der Waals surface area contributed by atoms with E-state index >= 15 is 0 Å². The van der Waals surface area contributed by atoms with Gasteiger partial charge in [0, 0.05) is 0 Å². The highest BCUT2D eigenvalue weighted by Crippen LogP contribution is 2.35. The van der Waals surface area contributed by atoms with E-state index in [1.807, 2.05) is 30.3 Å². The van der Waals surface area contributed by atoms with Gasteiger partial charge in [-0.3, -0.25) is 0 Å². The van der Waals surface area contributed by atoms with Crippen LogP contribution in [0.5, 0.6) is 0 Å². The second-order valence-electron chi connectivity index (χ2n) is 4.81. The Bertz CT molecular complexity index is 421. The largest absolute Gasteiger partial charge is 0.494 e. The van der Waals surface area contributed by atoms with Gasteiger partial charge in [-0.1, -0.05) is 30.3 Å². The number of aliphatic hydroxyl groups is 1. The van der Waals surface area contributed by atoms with E-state index in [1.165, 1.54) is 0 Å². The van der Waals surface area contributed by atoms with Gasteiger partial charge in [-0.15, -0.1) is 0 Å². The lowest BCUT2D eigenvalue weighted by atomic mass is 9.75. The van der Waals surface area contributed by atoms with E-state index in [0.29, 0.717) is 6.61 Å². The molecule has 5 atom stereocenters. The molecule has 3 aliphatic heterocycles. The van der Waals surface area contributed by atoms with Crippen molar-refractivity contribution in [2.24, 2.45) is 0 Å². The van der Waals surface area contributed by atoms with E-state index < -0.39 is 25.6 Å². The van der Waals surface area contributed by atoms with Crippen LogP contribution in [0.1, 0.15) is 0 Å². The summed E-state index contributed by atoms with van der Waals surface area (Å²) >= 11 is 0. The van der Waals surface area contributed by atoms with Crippen LogP contribution in [0.25, 0.3) is 0 Å². The Morgan fingerprint density at radius 2 is 1.89 bits per heavy atom. The van der Waals surface area contributed by atoms with Gasteiger partial charge in [0.15, 0.2) is 6.29 Å². The van der Waals surface area contributed by atoms with Crippen LogP contribution in [0.2, 0.25) is 0 Å². The molecule has 3 aliphatic rings. The number of ether oxygens (including phenoxy) is 2. The zero-order valence-corrected chi connectivity index (χ0v) is 9.64. The first-order chi connectivity index (χ1) is 8.83. The lowest BCUT2D eigenvalue weighted by molar-refractivity contribution is -0.243. The number of rotatable bonds is 1. The van der Waals surface area contributed by atoms with Crippen LogP contribution in [0.4, 0.5) is 0 Å². The molecule has 18 heavy (non-hydrogen) atoms. The van der Waals surface area contributed by atoms with E-state index in [1.54, 1.807) is 0 Å². The zero-order chi connectivity index (χ0) is 12.1. The van der Waals surface area contributed by atoms with Crippen molar-refractivity contribution in [2.75, 3.05) is 6.61 Å². The average molecular weight is 248 g/mol. The molecule has 3 heterocycles. The molecule has 0 aliphatic carbocycles. The van der Waals surface area contributed by atoms with Gasteiger partial charge in [-0.25, -0.2) is 0 Å². The van der Waals surface area contributed by atoms with Crippen molar-refractivity contribution >= 4 is 12.6 Å². The van der Waals surface area contributed by atoms with Gasteiger partial charge < -0.3 is 23.9 Å². The van der Waals surface area contributed by atoms with Gasteiger partial charge in [0.25, 0.3) is 0 Å². The van der Waals surface area contributed by atoms with Crippen molar-refractivity contribution in [1.29, 1.82) is 0 Å². The Hall–Kier alpha value is -0.915. The number of hydrogen-bond donors (Lipinski definition) is 1. The molecule has 4 bridgehead atoms. The normalized spacial score (nSPS) is 42.1. The molecular formula is C12H13BO5. The lowest BCUT2D eigenvalue weighted by Crippen LogP contribution is -2.65. The Morgan fingerprint density at radius 1 is 1.11 bits per heavy atom. The van der Waals surface area contributed by atoms with Crippen LogP contribution in [-0.4, -0.2) is 49.5 Å². The molecule has 0 spiro atoms. The van der Waals surface area contributed by atoms with Crippen LogP contribution < -0.4 is 5.46 Å². The molecule has 0 radical (unpaired) electrons. The van der Waals surface area contributed by atoms with Crippen LogP contribution in [-0.2, 0) is 18.8 Å². The minimum Gasteiger partial charge on any atom is -0.399 e. The summed E-state index contributed by atoms with van der Waals surface area (Å²) in [6, 6.07) is 9.70. The van der Waals surface area contributed by atoms with Crippen molar-refractivity contribution in [3.63, 3.8) is 0 Å². The van der Waals surface area contributed by atoms with Crippen LogP contribution in [0.15, 0.2) is 30.3 Å². The summed E-state index contributed by atoms with van der Waals surface area (Å²) in [5.41, 5.74) is 0.945. The first kappa shape index (κ1) is 11.0. The predicted molar refractivity (Wildman–Crippen MR) is 62.2 cm³/mol. The highest BCUT2D eigenvalue weighted by atomic mass is 16.8. The second kappa shape index (κ2) is 4.04. The molecular weight excluding hydrogens is 235 g/mol. The van der Waals surface area contributed by atoms with Crippen molar-refractivity contribution in [3.05, 3.63) is 30.3 Å². The number of fused-ring (bicyclic) bond motifs is 6. The predicted octanol–water partition coefficient (Wildman–Crippen LogP) is -0.718. The van der Waals surface area contributed by atoms with Crippen LogP contribution in [0, 0.1) is 0 Å². The van der Waals surface area contributed by atoms with Gasteiger partial charge in [0.05, 0.1) is 6.61 Å². The molecule has 0 saturated carbocycles. The standard InChI is InChI=1S/C12H13BO5/c14-9-10-8-6-15-12(16-8)11(9)18-13(17-10)7-4-2-1-3-5-7/h1-5,8-12,14H,6H2/t8-,9+,10?,11?,12?/m1/s1. The van der Waals surface area contributed by atoms with E-state index in [4.69, 9.17) is 18.8 Å². The van der Waals surface area contributed by atoms with Gasteiger partial charge in [0.2, 0.25) is 0 Å². The van der Waals surface area contributed by atoms with Crippen LogP contribution >= 0.6 is 0 Å². The topological polar surface area (TPSA) is 57.2 Å². The first-order valence-corrected chi connectivity index (χ1v) is 6.14. The summed E-state index contributed by atoms with van der Waals surface area (Å²) in [4.78, 5) is 0. The molecule has 3 fully saturated rings. The molecule has 1 N–H and O–H groups in total. The quantitative estimate of drug-likeness (QED) is 0.665. The fourth-order valence-electron chi connectivity index (χ4n) is 2.75. The lowest BCUT2D eigenvalue weighted by Gasteiger charge is -2.44. The highest BCUT2D eigenvalue weighted by molar-refractivity contribution is 6.61. The summed E-state index contributed by atoms with van der Waals surface area (Å²) in [5, 5.41) is 10.1. The molecule has 5 nitrogen and oxygen atoms in total. The Morgan fingerprint density at radius 3 is 2.72 bits per heavy atom. The SMILES string of the molecule is O[C@@H]1C2OB(c3ccccc3)OC1[C@H]1COC2O1. The molecule has 1 aromatic rings. The fraction of sp³-hybridized carbons (Fsp3) is 0.500. The summed E-state index contributed by atoms with van der Waals surface area (Å²) < 4.78 is 22.6. The maximum Gasteiger partial charge on any atom is 0.494 e. The molecule has 6 heteroatoms. The van der Waals surface area contributed by atoms with Gasteiger partial charge in [-0.2, -0.15) is 0 Å². The fourth-order valence-corrected chi connectivity index (χ4v) is 2.75. The Labute approximate surface area is 105 Å². The summed E-state index contributed by atoms with van der Waals surface area (Å²) in [5.74, 6) is 0. The van der Waals surface area contributed by atoms with Gasteiger partial charge in [-0.05, 0) is 5.46 Å². The highest BCUT2D eigenvalue weighted by Gasteiger charge is 2.56. The first-order valence-electron chi connectivity index (χ1n) is 6.14. The molecule has 4 rings (SSSR count). The van der Waals surface area contributed by atoms with Crippen molar-refractivity contribution in [2.45, 2.75) is 30.7 Å². The maximum absolute atomic E-state index is 10.1. The third-order valence-electron chi connectivity index (χ3n) is 3.67. The van der Waals surface area contributed by atoms with E-state index in [9.17, 15) is 5.11 Å². The van der Waals surface area contributed by atoms with E-state index in [-0.39, 0.29) is 12.2 Å². The third-order valence-corrected chi connectivity index (χ3v) is 3.67. The van der Waals surface area contributed by atoms with Gasteiger partial charge in [0.1, 0.15) is 24.4 Å². The molecule has 0 aromatic heterocycles. The number of benzene rings is 1. The summed E-state index contributed by atoms with van der Waals surface area (Å²) in [6.45, 7) is 0.452. The smallest absolute Gasteiger partial charge is 0.399 e. The summed E-state index contributed by atoms with van der Waals surface area (Å²) in [6.07, 6.45) is -2.22. The van der Waals surface area contributed by atoms with Gasteiger partial charge >= 0.3 is 7.12 Å². The number of aliphatic hydroxyl groups excluding tert-OH is 1. The molecule has 0 amide bonds. The average Bonchev–Trinajstić information content (AvgIpc) is 2.85. The van der Waals surface area contributed by atoms with Crippen molar-refractivity contribution in [1.82, 2.24) is 0 Å². The third kappa shape index (κ3) is 1.54. The van der Waals surface area contributed by atoms with E-state index in [0.717, 1.165) is 5.46 Å². The van der Waals surface area contributed by atoms with E-state index in [2.05, 4.69) is 0 Å². The minimum absolute atomic E-state index is 0.198. The van der Waals surface area contributed by atoms with Crippen LogP contribution in [0.3, 0.4) is 0 Å². The molecule has 3 saturated heterocycles. The molecule has 1 aromatic carbocycles. The minimum atomic E-state index is -0.684. The van der Waals surface area contributed by atoms with Crippen molar-refractivity contribution in [3.8, 4) is 0 Å². The summed E-state index contributed by atoms with van der Waals surface area (Å²) in [7, 11) is -0.458. The monoisotopic (exact) mass is 248 g/mol. The van der Waals surface area contributed by atoms with Crippen molar-refractivity contribution < 1.29 is 23.9 Å². The Balaban J connectivity index is 1.64.